The number of alkyl carbamates (subject to hydrolysis) is 1. The number of hydrogen-bond acceptors (Lipinski definition) is 4. The van der Waals surface area contributed by atoms with Gasteiger partial charge in [0.1, 0.15) is 11.7 Å². The van der Waals surface area contributed by atoms with Crippen LogP contribution in [0.3, 0.4) is 0 Å². The van der Waals surface area contributed by atoms with Crippen molar-refractivity contribution in [2.45, 2.75) is 110 Å². The third-order valence-corrected chi connectivity index (χ3v) is 4.19. The van der Waals surface area contributed by atoms with E-state index in [1.54, 1.807) is 26.8 Å². The average Bonchev–Trinajstić information content (AvgIpc) is 2.61. The van der Waals surface area contributed by atoms with Crippen LogP contribution >= 0.6 is 0 Å². The minimum absolute atomic E-state index is 0.419. The predicted molar refractivity (Wildman–Crippen MR) is 115 cm³/mol. The summed E-state index contributed by atoms with van der Waals surface area (Å²) in [5.41, 5.74) is -0.640. The molecule has 0 aromatic carbocycles. The van der Waals surface area contributed by atoms with Crippen molar-refractivity contribution in [2.24, 2.45) is 0 Å². The van der Waals surface area contributed by atoms with Gasteiger partial charge in [-0.25, -0.2) is 4.79 Å². The van der Waals surface area contributed by atoms with Crippen LogP contribution in [0.4, 0.5) is 4.79 Å². The number of unbranched alkanes of at least 4 members (excludes halogenated alkanes) is 9. The lowest BCUT2D eigenvalue weighted by Gasteiger charge is -2.23. The van der Waals surface area contributed by atoms with E-state index in [1.807, 2.05) is 6.08 Å². The van der Waals surface area contributed by atoms with Crippen LogP contribution in [-0.4, -0.2) is 40.7 Å². The standard InChI is InChI=1S/C23H41NO4/c1-5-6-7-8-9-10-11-12-13-14-15-16-17-18-21(26)20(19-25)24-22(27)28-23(2,3)4/h15-16,20-21,25-26H,5-14,19H2,1-4H3,(H,24,27)/b16-15+/t20-,21+/m0/s1. The minimum Gasteiger partial charge on any atom is -0.444 e. The molecule has 0 radical (unpaired) electrons. The molecule has 0 aliphatic heterocycles. The zero-order valence-corrected chi connectivity index (χ0v) is 18.3. The number of aliphatic hydroxyl groups is 2. The molecular weight excluding hydrogens is 354 g/mol. The summed E-state index contributed by atoms with van der Waals surface area (Å²) < 4.78 is 5.11. The molecule has 0 fully saturated rings. The third kappa shape index (κ3) is 16.6. The van der Waals surface area contributed by atoms with E-state index in [0.29, 0.717) is 0 Å². The van der Waals surface area contributed by atoms with Crippen LogP contribution in [-0.2, 0) is 4.74 Å². The second kappa shape index (κ2) is 16.4. The van der Waals surface area contributed by atoms with Crippen molar-refractivity contribution in [3.63, 3.8) is 0 Å². The summed E-state index contributed by atoms with van der Waals surface area (Å²) in [7, 11) is 0. The number of carbonyl (C=O) groups excluding carboxylic acids is 1. The van der Waals surface area contributed by atoms with Gasteiger partial charge in [0, 0.05) is 0 Å². The maximum absolute atomic E-state index is 11.7. The molecule has 1 amide bonds. The van der Waals surface area contributed by atoms with Crippen LogP contribution in [0.25, 0.3) is 0 Å². The van der Waals surface area contributed by atoms with Gasteiger partial charge in [-0.2, -0.15) is 0 Å². The largest absolute Gasteiger partial charge is 0.444 e. The Bertz CT molecular complexity index is 485. The Morgan fingerprint density at radius 1 is 1.07 bits per heavy atom. The molecule has 0 heterocycles. The lowest BCUT2D eigenvalue weighted by atomic mass is 10.1. The molecule has 0 unspecified atom stereocenters. The normalized spacial score (nSPS) is 13.6. The molecule has 0 aromatic heterocycles. The number of allylic oxidation sites excluding steroid dienone is 2. The van der Waals surface area contributed by atoms with Gasteiger partial charge in [-0.3, -0.25) is 0 Å². The first kappa shape index (κ1) is 26.5. The molecule has 5 nitrogen and oxygen atoms in total. The van der Waals surface area contributed by atoms with E-state index in [1.165, 1.54) is 51.4 Å². The summed E-state index contributed by atoms with van der Waals surface area (Å²) in [6.45, 7) is 7.06. The molecule has 0 saturated heterocycles. The summed E-state index contributed by atoms with van der Waals surface area (Å²) >= 11 is 0. The number of amides is 1. The number of carbonyl (C=O) groups is 1. The van der Waals surface area contributed by atoms with Crippen molar-refractivity contribution in [1.82, 2.24) is 5.32 Å². The van der Waals surface area contributed by atoms with Crippen LogP contribution < -0.4 is 5.32 Å². The van der Waals surface area contributed by atoms with Crippen LogP contribution in [0.15, 0.2) is 12.2 Å². The van der Waals surface area contributed by atoms with Crippen molar-refractivity contribution in [3.8, 4) is 11.8 Å². The summed E-state index contributed by atoms with van der Waals surface area (Å²) in [4.78, 5) is 11.7. The fourth-order valence-corrected chi connectivity index (χ4v) is 2.63. The van der Waals surface area contributed by atoms with Crippen molar-refractivity contribution in [3.05, 3.63) is 12.2 Å². The van der Waals surface area contributed by atoms with Crippen molar-refractivity contribution in [1.29, 1.82) is 0 Å². The molecule has 0 spiro atoms. The predicted octanol–water partition coefficient (Wildman–Crippen LogP) is 4.71. The molecule has 28 heavy (non-hydrogen) atoms. The van der Waals surface area contributed by atoms with Crippen molar-refractivity contribution < 1.29 is 19.7 Å². The van der Waals surface area contributed by atoms with Gasteiger partial charge in [-0.1, -0.05) is 76.2 Å². The first-order chi connectivity index (χ1) is 13.3. The van der Waals surface area contributed by atoms with Crippen molar-refractivity contribution in [2.75, 3.05) is 6.61 Å². The van der Waals surface area contributed by atoms with Gasteiger partial charge < -0.3 is 20.3 Å². The van der Waals surface area contributed by atoms with E-state index in [4.69, 9.17) is 4.74 Å². The number of hydrogen-bond donors (Lipinski definition) is 3. The molecule has 0 aliphatic rings. The first-order valence-electron chi connectivity index (χ1n) is 10.7. The van der Waals surface area contributed by atoms with Gasteiger partial charge in [0.2, 0.25) is 0 Å². The van der Waals surface area contributed by atoms with E-state index in [-0.39, 0.29) is 0 Å². The molecule has 3 N–H and O–H groups in total. The quantitative estimate of drug-likeness (QED) is 0.312. The van der Waals surface area contributed by atoms with Gasteiger partial charge in [0.15, 0.2) is 0 Å². The lowest BCUT2D eigenvalue weighted by molar-refractivity contribution is 0.0413. The highest BCUT2D eigenvalue weighted by Crippen LogP contribution is 2.10. The van der Waals surface area contributed by atoms with Crippen LogP contribution in [0.2, 0.25) is 0 Å². The maximum atomic E-state index is 11.7. The Balaban J connectivity index is 3.94. The summed E-state index contributed by atoms with van der Waals surface area (Å²) in [5, 5.41) is 21.8. The summed E-state index contributed by atoms with van der Waals surface area (Å²) in [5.74, 6) is 5.39. The smallest absolute Gasteiger partial charge is 0.408 e. The Kier molecular flexibility index (Phi) is 15.6. The molecule has 0 rings (SSSR count). The molecule has 0 saturated carbocycles. The molecular formula is C23H41NO4. The van der Waals surface area contributed by atoms with E-state index >= 15 is 0 Å². The van der Waals surface area contributed by atoms with Crippen LogP contribution in [0, 0.1) is 11.8 Å². The monoisotopic (exact) mass is 395 g/mol. The Morgan fingerprint density at radius 2 is 1.64 bits per heavy atom. The maximum Gasteiger partial charge on any atom is 0.408 e. The Hall–Kier alpha value is -1.51. The van der Waals surface area contributed by atoms with E-state index in [9.17, 15) is 15.0 Å². The van der Waals surface area contributed by atoms with Gasteiger partial charge in [-0.15, -0.1) is 0 Å². The molecule has 2 atom stereocenters. The summed E-state index contributed by atoms with van der Waals surface area (Å²) in [6, 6.07) is -0.881. The molecule has 0 aromatic rings. The zero-order valence-electron chi connectivity index (χ0n) is 18.3. The van der Waals surface area contributed by atoms with E-state index in [0.717, 1.165) is 12.8 Å². The number of nitrogens with one attached hydrogen (secondary N) is 1. The van der Waals surface area contributed by atoms with Gasteiger partial charge >= 0.3 is 6.09 Å². The summed E-state index contributed by atoms with van der Waals surface area (Å²) in [6.07, 6.45) is 14.6. The zero-order chi connectivity index (χ0) is 21.3. The van der Waals surface area contributed by atoms with Gasteiger partial charge in [-0.05, 0) is 39.7 Å². The average molecular weight is 396 g/mol. The van der Waals surface area contributed by atoms with E-state index < -0.39 is 30.4 Å². The molecule has 162 valence electrons. The fraction of sp³-hybridized carbons (Fsp3) is 0.783. The highest BCUT2D eigenvalue weighted by atomic mass is 16.6. The third-order valence-electron chi connectivity index (χ3n) is 4.19. The number of ether oxygens (including phenoxy) is 1. The molecule has 0 bridgehead atoms. The van der Waals surface area contributed by atoms with Crippen LogP contribution in [0.1, 0.15) is 91.9 Å². The number of aliphatic hydroxyl groups excluding tert-OH is 2. The fourth-order valence-electron chi connectivity index (χ4n) is 2.63. The SMILES string of the molecule is CCCCCCCCCCC/C=C/C#C[C@@H](O)[C@H](CO)NC(=O)OC(C)(C)C. The second-order valence-electron chi connectivity index (χ2n) is 8.19. The highest BCUT2D eigenvalue weighted by molar-refractivity contribution is 5.68. The topological polar surface area (TPSA) is 78.8 Å². The van der Waals surface area contributed by atoms with E-state index in [2.05, 4.69) is 24.1 Å². The van der Waals surface area contributed by atoms with Gasteiger partial charge in [0.25, 0.3) is 0 Å². The second-order valence-corrected chi connectivity index (χ2v) is 8.19. The Morgan fingerprint density at radius 3 is 2.18 bits per heavy atom. The first-order valence-corrected chi connectivity index (χ1v) is 10.7. The molecule has 5 heteroatoms. The number of rotatable bonds is 13. The minimum atomic E-state index is -1.16. The Labute approximate surface area is 171 Å². The van der Waals surface area contributed by atoms with Crippen molar-refractivity contribution >= 4 is 6.09 Å². The molecule has 0 aliphatic carbocycles. The highest BCUT2D eigenvalue weighted by Gasteiger charge is 2.22. The lowest BCUT2D eigenvalue weighted by Crippen LogP contribution is -2.47. The van der Waals surface area contributed by atoms with Crippen LogP contribution in [0.5, 0.6) is 0 Å². The van der Waals surface area contributed by atoms with Gasteiger partial charge in [0.05, 0.1) is 12.6 Å².